The Morgan fingerprint density at radius 1 is 0.795 bits per heavy atom. The van der Waals surface area contributed by atoms with E-state index in [4.69, 9.17) is 1.37 Å². The van der Waals surface area contributed by atoms with Crippen molar-refractivity contribution in [1.29, 1.82) is 0 Å². The van der Waals surface area contributed by atoms with E-state index in [9.17, 15) is 0 Å². The van der Waals surface area contributed by atoms with Gasteiger partial charge in [0, 0.05) is 26.3 Å². The molecule has 5 aromatic rings. The van der Waals surface area contributed by atoms with Crippen LogP contribution < -0.4 is 4.40 Å². The number of pyridine rings is 2. The van der Waals surface area contributed by atoms with Crippen LogP contribution in [0.15, 0.2) is 97.3 Å². The third-order valence-corrected chi connectivity index (χ3v) is 11.3. The molecule has 2 heterocycles. The van der Waals surface area contributed by atoms with Crippen molar-refractivity contribution < 1.29 is 21.5 Å². The van der Waals surface area contributed by atoms with E-state index in [0.29, 0.717) is 0 Å². The second-order valence-corrected chi connectivity index (χ2v) is 21.6. The molecule has 2 nitrogen and oxygen atoms in total. The van der Waals surface area contributed by atoms with Crippen LogP contribution in [0, 0.1) is 12.1 Å². The maximum absolute atomic E-state index is 8.34. The Morgan fingerprint density at radius 3 is 2.28 bits per heavy atom. The van der Waals surface area contributed by atoms with Gasteiger partial charge in [-0.3, -0.25) is 0 Å². The number of aromatic nitrogens is 2. The summed E-state index contributed by atoms with van der Waals surface area (Å²) in [6, 6.07) is 35.5. The molecule has 0 unspecified atom stereocenters. The summed E-state index contributed by atoms with van der Waals surface area (Å²) in [4.78, 5) is 8.83. The van der Waals surface area contributed by atoms with E-state index in [1.807, 2.05) is 74.6 Å². The van der Waals surface area contributed by atoms with Crippen LogP contribution in [0.3, 0.4) is 0 Å². The van der Waals surface area contributed by atoms with Crippen LogP contribution in [0.1, 0.15) is 37.8 Å². The SMILES string of the molecule is [2H]C(C)(C)c1ccnc(-c2[c-]ccc3c2Cc2c[c]([Ge]([CH3])([CH3])[CH3])ccc2-3)c1.[Ir].[c-]1ccccc1-c1ccccn1. The summed E-state index contributed by atoms with van der Waals surface area (Å²) in [5, 5.41) is 0. The Kier molecular flexibility index (Phi) is 8.92. The van der Waals surface area contributed by atoms with Gasteiger partial charge in [0.05, 0.1) is 0 Å². The molecule has 0 saturated heterocycles. The molecule has 39 heavy (non-hydrogen) atoms. The van der Waals surface area contributed by atoms with Gasteiger partial charge in [-0.05, 0) is 11.8 Å². The van der Waals surface area contributed by atoms with E-state index >= 15 is 0 Å². The molecule has 0 fully saturated rings. The van der Waals surface area contributed by atoms with Crippen LogP contribution in [-0.4, -0.2) is 23.2 Å². The number of benzene rings is 3. The van der Waals surface area contributed by atoms with Gasteiger partial charge in [-0.2, -0.15) is 0 Å². The molecule has 0 bridgehead atoms. The first-order valence-corrected chi connectivity index (χ1v) is 20.5. The van der Waals surface area contributed by atoms with E-state index in [-0.39, 0.29) is 20.1 Å². The van der Waals surface area contributed by atoms with E-state index < -0.39 is 19.2 Å². The van der Waals surface area contributed by atoms with E-state index in [1.54, 1.807) is 10.6 Å². The average molecular weight is 749 g/mol. The first-order chi connectivity index (χ1) is 18.6. The molecule has 1 aliphatic rings. The predicted octanol–water partition coefficient (Wildman–Crippen LogP) is 8.33. The summed E-state index contributed by atoms with van der Waals surface area (Å²) in [6.45, 7) is 3.83. The molecule has 0 amide bonds. The van der Waals surface area contributed by atoms with Crippen molar-refractivity contribution in [1.82, 2.24) is 9.97 Å². The third-order valence-electron chi connectivity index (χ3n) is 6.98. The van der Waals surface area contributed by atoms with Crippen molar-refractivity contribution in [2.75, 3.05) is 0 Å². The van der Waals surface area contributed by atoms with E-state index in [2.05, 4.69) is 69.7 Å². The minimum Gasteiger partial charge on any atom is -0.305 e. The summed E-state index contributed by atoms with van der Waals surface area (Å²) >= 11 is -1.84. The first-order valence-electron chi connectivity index (χ1n) is 13.6. The normalized spacial score (nSPS) is 12.3. The van der Waals surface area contributed by atoms with Gasteiger partial charge in [0.1, 0.15) is 0 Å². The molecular formula is C35H34GeIrN2-2. The van der Waals surface area contributed by atoms with Crippen molar-refractivity contribution in [3.63, 3.8) is 0 Å². The summed E-state index contributed by atoms with van der Waals surface area (Å²) in [5.74, 6) is 6.70. The molecule has 199 valence electrons. The van der Waals surface area contributed by atoms with E-state index in [0.717, 1.165) is 34.5 Å². The predicted molar refractivity (Wildman–Crippen MR) is 162 cm³/mol. The van der Waals surface area contributed by atoms with Gasteiger partial charge in [-0.25, -0.2) is 0 Å². The number of hydrogen-bond donors (Lipinski definition) is 0. The Hall–Kier alpha value is -2.85. The van der Waals surface area contributed by atoms with Crippen LogP contribution in [0.5, 0.6) is 0 Å². The summed E-state index contributed by atoms with van der Waals surface area (Å²) < 4.78 is 9.90. The van der Waals surface area contributed by atoms with Gasteiger partial charge in [0.15, 0.2) is 0 Å². The molecule has 0 atom stereocenters. The molecule has 0 saturated carbocycles. The molecule has 0 N–H and O–H groups in total. The summed E-state index contributed by atoms with van der Waals surface area (Å²) in [6.07, 6.45) is 4.55. The molecule has 0 aliphatic heterocycles. The fraction of sp³-hybridized carbons (Fsp3) is 0.200. The van der Waals surface area contributed by atoms with Crippen molar-refractivity contribution >= 4 is 17.7 Å². The Morgan fingerprint density at radius 2 is 1.59 bits per heavy atom. The number of nitrogens with zero attached hydrogens (tertiary/aromatic N) is 2. The topological polar surface area (TPSA) is 25.8 Å². The van der Waals surface area contributed by atoms with Gasteiger partial charge in [-0.15, -0.1) is 35.9 Å². The second kappa shape index (κ2) is 12.6. The molecule has 1 radical (unpaired) electrons. The van der Waals surface area contributed by atoms with Crippen LogP contribution >= 0.6 is 0 Å². The second-order valence-electron chi connectivity index (χ2n) is 11.0. The average Bonchev–Trinajstić information content (AvgIpc) is 3.32. The van der Waals surface area contributed by atoms with Crippen molar-refractivity contribution in [2.24, 2.45) is 0 Å². The zero-order chi connectivity index (χ0) is 27.6. The molecule has 0 spiro atoms. The van der Waals surface area contributed by atoms with Gasteiger partial charge >= 0.3 is 161 Å². The zero-order valence-electron chi connectivity index (χ0n) is 24.2. The number of rotatable bonds is 4. The largest absolute Gasteiger partial charge is 0.305 e. The minimum atomic E-state index is -1.84. The Bertz CT molecular complexity index is 1550. The smallest absolute Gasteiger partial charge is 0.0160 e. The van der Waals surface area contributed by atoms with Crippen molar-refractivity contribution in [3.8, 4) is 33.6 Å². The van der Waals surface area contributed by atoms with Gasteiger partial charge < -0.3 is 4.98 Å². The molecular weight excluding hydrogens is 713 g/mol. The maximum Gasteiger partial charge on any atom is 0.0160 e. The van der Waals surface area contributed by atoms with E-state index in [1.165, 1.54) is 22.3 Å². The van der Waals surface area contributed by atoms with Crippen LogP contribution in [0.2, 0.25) is 17.3 Å². The molecule has 2 aromatic heterocycles. The van der Waals surface area contributed by atoms with Crippen LogP contribution in [-0.2, 0) is 26.5 Å². The maximum atomic E-state index is 8.34. The van der Waals surface area contributed by atoms with Crippen molar-refractivity contribution in [2.45, 2.75) is 43.4 Å². The Balaban J connectivity index is 0.000000238. The molecule has 4 heteroatoms. The molecule has 1 aliphatic carbocycles. The molecule has 3 aromatic carbocycles. The van der Waals surface area contributed by atoms with Gasteiger partial charge in [-0.1, -0.05) is 12.1 Å². The van der Waals surface area contributed by atoms with Crippen LogP contribution in [0.25, 0.3) is 33.6 Å². The van der Waals surface area contributed by atoms with Gasteiger partial charge in [0.2, 0.25) is 0 Å². The third kappa shape index (κ3) is 6.66. The summed E-state index contributed by atoms with van der Waals surface area (Å²) in [7, 11) is 0. The number of hydrogen-bond acceptors (Lipinski definition) is 2. The standard InChI is InChI=1S/C24H26GeN.C11H8N.Ir/c1-16(2)17-11-12-26-24(15-17)22-8-6-7-21-20-10-9-19(25(3,4)5)13-18(20)14-23(21)22;1-2-6-10(7-3-1)11-8-4-5-9-12-11;/h6-7,9-13,15-16H,14H2,1-5H3;1-6,8-9H;/q2*-1;/i16D;;. The Labute approximate surface area is 251 Å². The van der Waals surface area contributed by atoms with Crippen molar-refractivity contribution in [3.05, 3.63) is 126 Å². The fourth-order valence-corrected chi connectivity index (χ4v) is 7.31. The number of fused-ring (bicyclic) bond motifs is 3. The molecule has 6 rings (SSSR count). The fourth-order valence-electron chi connectivity index (χ4n) is 4.81. The quantitative estimate of drug-likeness (QED) is 0.134. The minimum absolute atomic E-state index is 0. The first kappa shape index (κ1) is 27.7. The summed E-state index contributed by atoms with van der Waals surface area (Å²) in [5.41, 5.74) is 10.4. The monoisotopic (exact) mass is 750 g/mol. The van der Waals surface area contributed by atoms with Gasteiger partial charge in [0.25, 0.3) is 0 Å². The zero-order valence-corrected chi connectivity index (χ0v) is 27.7. The van der Waals surface area contributed by atoms with Crippen LogP contribution in [0.4, 0.5) is 0 Å².